The summed E-state index contributed by atoms with van der Waals surface area (Å²) in [6.45, 7) is 1.83. The van der Waals surface area contributed by atoms with Crippen LogP contribution in [0.2, 0.25) is 0 Å². The maximum Gasteiger partial charge on any atom is 0.243 e. The van der Waals surface area contributed by atoms with Gasteiger partial charge in [0.1, 0.15) is 0 Å². The van der Waals surface area contributed by atoms with Crippen LogP contribution in [0.1, 0.15) is 57.8 Å². The summed E-state index contributed by atoms with van der Waals surface area (Å²) in [4.78, 5) is 14.7. The fraction of sp³-hybridized carbons (Fsp3) is 0.682. The highest BCUT2D eigenvalue weighted by Gasteiger charge is 2.30. The van der Waals surface area contributed by atoms with Gasteiger partial charge in [-0.15, -0.1) is 0 Å². The average Bonchev–Trinajstić information content (AvgIpc) is 2.73. The normalized spacial score (nSPS) is 20.1. The lowest BCUT2D eigenvalue weighted by Crippen LogP contribution is -2.44. The summed E-state index contributed by atoms with van der Waals surface area (Å²) in [5, 5.41) is 2.90. The van der Waals surface area contributed by atoms with Gasteiger partial charge in [0, 0.05) is 25.2 Å². The van der Waals surface area contributed by atoms with Gasteiger partial charge in [0.25, 0.3) is 0 Å². The predicted octanol–water partition coefficient (Wildman–Crippen LogP) is 3.70. The molecule has 1 heterocycles. The molecule has 7 heteroatoms. The Kier molecular flexibility index (Phi) is 7.71. The van der Waals surface area contributed by atoms with Gasteiger partial charge in [0.2, 0.25) is 15.9 Å². The van der Waals surface area contributed by atoms with E-state index in [1.807, 2.05) is 0 Å². The fourth-order valence-corrected chi connectivity index (χ4v) is 5.88. The topological polar surface area (TPSA) is 69.7 Å². The number of hydrogen-bond donors (Lipinski definition) is 1. The van der Waals surface area contributed by atoms with E-state index >= 15 is 0 Å². The smallest absolute Gasteiger partial charge is 0.243 e. The van der Waals surface area contributed by atoms with Crippen LogP contribution in [0.3, 0.4) is 0 Å². The Hall–Kier alpha value is -1.44. The monoisotopic (exact) mass is 421 g/mol. The van der Waals surface area contributed by atoms with Crippen LogP contribution in [0.5, 0.6) is 0 Å². The van der Waals surface area contributed by atoms with Gasteiger partial charge in [-0.3, -0.25) is 4.79 Å². The molecule has 1 amide bonds. The van der Waals surface area contributed by atoms with Crippen molar-refractivity contribution in [3.63, 3.8) is 0 Å². The van der Waals surface area contributed by atoms with Gasteiger partial charge >= 0.3 is 0 Å². The van der Waals surface area contributed by atoms with Gasteiger partial charge in [-0.25, -0.2) is 8.42 Å². The minimum Gasteiger partial charge on any atom is -0.326 e. The summed E-state index contributed by atoms with van der Waals surface area (Å²) in [6, 6.07) is 6.60. The third-order valence-corrected chi connectivity index (χ3v) is 8.45. The first-order valence-electron chi connectivity index (χ1n) is 10.9. The lowest BCUT2D eigenvalue weighted by atomic mass is 9.86. The zero-order chi connectivity index (χ0) is 20.9. The van der Waals surface area contributed by atoms with Crippen LogP contribution in [-0.4, -0.2) is 56.8 Å². The van der Waals surface area contributed by atoms with Gasteiger partial charge in [-0.2, -0.15) is 4.31 Å². The maximum atomic E-state index is 12.9. The quantitative estimate of drug-likeness (QED) is 0.729. The van der Waals surface area contributed by atoms with Crippen molar-refractivity contribution in [1.82, 2.24) is 9.21 Å². The number of rotatable bonds is 7. The molecule has 29 heavy (non-hydrogen) atoms. The van der Waals surface area contributed by atoms with Crippen LogP contribution in [0, 0.1) is 5.92 Å². The van der Waals surface area contributed by atoms with Crippen LogP contribution in [0.25, 0.3) is 0 Å². The third kappa shape index (κ3) is 6.03. The van der Waals surface area contributed by atoms with Crippen molar-refractivity contribution in [2.45, 2.75) is 68.7 Å². The molecule has 1 aromatic rings. The molecule has 2 aliphatic rings. The molecule has 1 N–H and O–H groups in total. The number of likely N-dealkylation sites (tertiary alicyclic amines) is 1. The molecule has 1 saturated carbocycles. The maximum absolute atomic E-state index is 12.9. The summed E-state index contributed by atoms with van der Waals surface area (Å²) in [5.41, 5.74) is 0.652. The van der Waals surface area contributed by atoms with Crippen LogP contribution >= 0.6 is 0 Å². The minimum atomic E-state index is -3.52. The largest absolute Gasteiger partial charge is 0.326 e. The van der Waals surface area contributed by atoms with E-state index in [2.05, 4.69) is 17.3 Å². The first-order valence-corrected chi connectivity index (χ1v) is 12.4. The number of nitrogens with one attached hydrogen (secondary N) is 1. The molecule has 0 bridgehead atoms. The lowest BCUT2D eigenvalue weighted by Gasteiger charge is -2.34. The van der Waals surface area contributed by atoms with E-state index in [1.165, 1.54) is 36.4 Å². The summed E-state index contributed by atoms with van der Waals surface area (Å²) < 4.78 is 27.4. The Labute approximate surface area is 175 Å². The zero-order valence-electron chi connectivity index (χ0n) is 17.8. The molecular formula is C22H35N3O3S. The van der Waals surface area contributed by atoms with Crippen molar-refractivity contribution in [1.29, 1.82) is 0 Å². The van der Waals surface area contributed by atoms with Crippen molar-refractivity contribution < 1.29 is 13.2 Å². The van der Waals surface area contributed by atoms with Gasteiger partial charge in [-0.05, 0) is 69.6 Å². The van der Waals surface area contributed by atoms with E-state index in [9.17, 15) is 13.2 Å². The van der Waals surface area contributed by atoms with E-state index in [1.54, 1.807) is 31.3 Å². The number of carbonyl (C=O) groups is 1. The van der Waals surface area contributed by atoms with Crippen molar-refractivity contribution in [2.24, 2.45) is 5.92 Å². The van der Waals surface area contributed by atoms with Gasteiger partial charge in [0.15, 0.2) is 0 Å². The van der Waals surface area contributed by atoms with E-state index in [4.69, 9.17) is 0 Å². The fourth-order valence-electron chi connectivity index (χ4n) is 4.47. The molecule has 0 aromatic heterocycles. The van der Waals surface area contributed by atoms with E-state index in [0.29, 0.717) is 18.0 Å². The van der Waals surface area contributed by atoms with Gasteiger partial charge < -0.3 is 10.2 Å². The van der Waals surface area contributed by atoms with Crippen LogP contribution in [-0.2, 0) is 14.8 Å². The van der Waals surface area contributed by atoms with E-state index in [0.717, 1.165) is 32.4 Å². The van der Waals surface area contributed by atoms with Crippen LogP contribution in [0.4, 0.5) is 5.69 Å². The lowest BCUT2D eigenvalue weighted by molar-refractivity contribution is -0.116. The summed E-state index contributed by atoms with van der Waals surface area (Å²) in [7, 11) is 0.211. The zero-order valence-corrected chi connectivity index (χ0v) is 18.6. The molecule has 1 aromatic carbocycles. The number of carbonyl (C=O) groups excluding carboxylic acids is 1. The van der Waals surface area contributed by atoms with Gasteiger partial charge in [0.05, 0.1) is 4.90 Å². The number of anilines is 1. The first-order chi connectivity index (χ1) is 13.9. The molecule has 0 atom stereocenters. The second-order valence-electron chi connectivity index (χ2n) is 8.67. The van der Waals surface area contributed by atoms with E-state index in [-0.39, 0.29) is 16.8 Å². The predicted molar refractivity (Wildman–Crippen MR) is 116 cm³/mol. The number of benzene rings is 1. The molecule has 0 spiro atoms. The number of sulfonamides is 1. The average molecular weight is 422 g/mol. The van der Waals surface area contributed by atoms with E-state index < -0.39 is 10.0 Å². The second-order valence-corrected chi connectivity index (χ2v) is 10.7. The second kappa shape index (κ2) is 10.0. The summed E-state index contributed by atoms with van der Waals surface area (Å²) in [6.07, 6.45) is 9.55. The third-order valence-electron chi connectivity index (χ3n) is 6.52. The number of piperidine rings is 1. The van der Waals surface area contributed by atoms with Crippen molar-refractivity contribution in [3.8, 4) is 0 Å². The summed E-state index contributed by atoms with van der Waals surface area (Å²) >= 11 is 0. The molecule has 0 radical (unpaired) electrons. The Bertz CT molecular complexity index is 765. The Balaban J connectivity index is 1.53. The van der Waals surface area contributed by atoms with Crippen LogP contribution in [0.15, 0.2) is 29.2 Å². The molecule has 3 rings (SSSR count). The van der Waals surface area contributed by atoms with Gasteiger partial charge in [-0.1, -0.05) is 32.1 Å². The Morgan fingerprint density at radius 2 is 1.69 bits per heavy atom. The SMILES string of the molecule is CN1CCC(N(C)S(=O)(=O)c2ccc(NC(=O)CCC3CCCCC3)cc2)CC1. The highest BCUT2D eigenvalue weighted by Crippen LogP contribution is 2.27. The molecule has 162 valence electrons. The highest BCUT2D eigenvalue weighted by molar-refractivity contribution is 7.89. The van der Waals surface area contributed by atoms with Crippen LogP contribution < -0.4 is 5.32 Å². The molecule has 1 aliphatic heterocycles. The minimum absolute atomic E-state index is 0.00891. The molecule has 1 saturated heterocycles. The number of hydrogen-bond acceptors (Lipinski definition) is 4. The van der Waals surface area contributed by atoms with Crippen molar-refractivity contribution in [2.75, 3.05) is 32.5 Å². The van der Waals surface area contributed by atoms with Crippen molar-refractivity contribution in [3.05, 3.63) is 24.3 Å². The number of amides is 1. The summed E-state index contributed by atoms with van der Waals surface area (Å²) in [5.74, 6) is 0.687. The molecule has 6 nitrogen and oxygen atoms in total. The standard InChI is InChI=1S/C22H35N3O3S/c1-24-16-14-20(15-17-24)25(2)29(27,28)21-11-9-19(10-12-21)23-22(26)13-8-18-6-4-3-5-7-18/h9-12,18,20H,3-8,13-17H2,1-2H3,(H,23,26). The molecule has 2 fully saturated rings. The molecule has 0 unspecified atom stereocenters. The first kappa shape index (κ1) is 22.2. The van der Waals surface area contributed by atoms with Crippen molar-refractivity contribution >= 4 is 21.6 Å². The molecular weight excluding hydrogens is 386 g/mol. The highest BCUT2D eigenvalue weighted by atomic mass is 32.2. The Morgan fingerprint density at radius 1 is 1.07 bits per heavy atom. The number of nitrogens with zero attached hydrogens (tertiary/aromatic N) is 2. The Morgan fingerprint density at radius 3 is 2.31 bits per heavy atom. The molecule has 1 aliphatic carbocycles.